The van der Waals surface area contributed by atoms with Gasteiger partial charge >= 0.3 is 0 Å². The lowest BCUT2D eigenvalue weighted by atomic mass is 10.1. The second-order valence-corrected chi connectivity index (χ2v) is 6.22. The molecule has 1 aromatic heterocycles. The zero-order valence-corrected chi connectivity index (χ0v) is 15.8. The molecule has 0 bridgehead atoms. The minimum atomic E-state index is -0.488. The van der Waals surface area contributed by atoms with Crippen LogP contribution in [-0.2, 0) is 11.8 Å². The summed E-state index contributed by atoms with van der Waals surface area (Å²) in [5, 5.41) is 2.94. The SMILES string of the molecule is CCOc1ccc(/C=C/C(=O)NC(c2ccc(F)cc2)c2nccn2C)cc1. The van der Waals surface area contributed by atoms with E-state index >= 15 is 0 Å². The van der Waals surface area contributed by atoms with E-state index in [1.165, 1.54) is 18.2 Å². The van der Waals surface area contributed by atoms with Crippen LogP contribution in [0.4, 0.5) is 4.39 Å². The predicted octanol–water partition coefficient (Wildman–Crippen LogP) is 3.88. The van der Waals surface area contributed by atoms with Crippen LogP contribution in [0.1, 0.15) is 29.9 Å². The summed E-state index contributed by atoms with van der Waals surface area (Å²) < 4.78 is 20.5. The van der Waals surface area contributed by atoms with Gasteiger partial charge in [0.1, 0.15) is 23.4 Å². The molecule has 2 aromatic carbocycles. The van der Waals surface area contributed by atoms with Gasteiger partial charge in [0.05, 0.1) is 6.61 Å². The lowest BCUT2D eigenvalue weighted by Gasteiger charge is -2.18. The highest BCUT2D eigenvalue weighted by molar-refractivity contribution is 5.92. The Kier molecular flexibility index (Phi) is 6.22. The van der Waals surface area contributed by atoms with E-state index in [1.54, 1.807) is 30.6 Å². The maximum absolute atomic E-state index is 13.3. The summed E-state index contributed by atoms with van der Waals surface area (Å²) in [5.41, 5.74) is 1.63. The van der Waals surface area contributed by atoms with Crippen molar-refractivity contribution in [3.63, 3.8) is 0 Å². The standard InChI is InChI=1S/C22H22FN3O2/c1-3-28-19-11-4-16(5-12-19)6-13-20(27)25-21(22-24-14-15-26(22)2)17-7-9-18(23)10-8-17/h4-15,21H,3H2,1-2H3,(H,25,27)/b13-6+. The summed E-state index contributed by atoms with van der Waals surface area (Å²) >= 11 is 0. The molecule has 0 radical (unpaired) electrons. The van der Waals surface area contributed by atoms with E-state index in [0.717, 1.165) is 16.9 Å². The molecule has 0 saturated carbocycles. The first kappa shape index (κ1) is 19.4. The minimum absolute atomic E-state index is 0.272. The van der Waals surface area contributed by atoms with Gasteiger partial charge in [0, 0.05) is 25.5 Å². The van der Waals surface area contributed by atoms with Gasteiger partial charge < -0.3 is 14.6 Å². The number of amides is 1. The van der Waals surface area contributed by atoms with Gasteiger partial charge in [-0.1, -0.05) is 24.3 Å². The second-order valence-electron chi connectivity index (χ2n) is 6.22. The van der Waals surface area contributed by atoms with Crippen LogP contribution in [0.15, 0.2) is 67.0 Å². The first-order valence-corrected chi connectivity index (χ1v) is 9.01. The molecular formula is C22H22FN3O2. The van der Waals surface area contributed by atoms with Crippen LogP contribution in [0.3, 0.4) is 0 Å². The first-order chi connectivity index (χ1) is 13.6. The molecule has 144 valence electrons. The third-order valence-electron chi connectivity index (χ3n) is 4.22. The van der Waals surface area contributed by atoms with Crippen molar-refractivity contribution in [3.8, 4) is 5.75 Å². The fourth-order valence-electron chi connectivity index (χ4n) is 2.81. The Morgan fingerprint density at radius 3 is 2.54 bits per heavy atom. The number of nitrogens with one attached hydrogen (secondary N) is 1. The number of nitrogens with zero attached hydrogens (tertiary/aromatic N) is 2. The van der Waals surface area contributed by atoms with Crippen molar-refractivity contribution >= 4 is 12.0 Å². The van der Waals surface area contributed by atoms with Crippen molar-refractivity contribution in [2.75, 3.05) is 6.61 Å². The number of imidazole rings is 1. The van der Waals surface area contributed by atoms with Crippen molar-refractivity contribution in [1.82, 2.24) is 14.9 Å². The minimum Gasteiger partial charge on any atom is -0.494 e. The predicted molar refractivity (Wildman–Crippen MR) is 106 cm³/mol. The molecule has 0 aliphatic rings. The van der Waals surface area contributed by atoms with Crippen LogP contribution >= 0.6 is 0 Å². The average molecular weight is 379 g/mol. The van der Waals surface area contributed by atoms with E-state index in [9.17, 15) is 9.18 Å². The Morgan fingerprint density at radius 1 is 1.21 bits per heavy atom. The smallest absolute Gasteiger partial charge is 0.244 e. The number of aryl methyl sites for hydroxylation is 1. The summed E-state index contributed by atoms with van der Waals surface area (Å²) in [5.74, 6) is 0.847. The molecule has 1 heterocycles. The van der Waals surface area contributed by atoms with Crippen LogP contribution in [-0.4, -0.2) is 22.1 Å². The molecule has 0 aliphatic carbocycles. The van der Waals surface area contributed by atoms with Crippen LogP contribution in [0.25, 0.3) is 6.08 Å². The molecule has 1 amide bonds. The number of aromatic nitrogens is 2. The highest BCUT2D eigenvalue weighted by Crippen LogP contribution is 2.21. The number of benzene rings is 2. The number of halogens is 1. The number of carbonyl (C=O) groups is 1. The highest BCUT2D eigenvalue weighted by atomic mass is 19.1. The molecule has 3 aromatic rings. The van der Waals surface area contributed by atoms with Crippen LogP contribution in [0.2, 0.25) is 0 Å². The normalized spacial score (nSPS) is 12.1. The van der Waals surface area contributed by atoms with E-state index in [1.807, 2.05) is 42.8 Å². The summed E-state index contributed by atoms with van der Waals surface area (Å²) in [4.78, 5) is 16.8. The van der Waals surface area contributed by atoms with Crippen LogP contribution in [0, 0.1) is 5.82 Å². The maximum atomic E-state index is 13.3. The Morgan fingerprint density at radius 2 is 1.93 bits per heavy atom. The van der Waals surface area contributed by atoms with E-state index in [4.69, 9.17) is 4.74 Å². The van der Waals surface area contributed by atoms with E-state index < -0.39 is 6.04 Å². The highest BCUT2D eigenvalue weighted by Gasteiger charge is 2.19. The molecule has 28 heavy (non-hydrogen) atoms. The van der Waals surface area contributed by atoms with Gasteiger partial charge in [-0.15, -0.1) is 0 Å². The molecule has 0 fully saturated rings. The Bertz CT molecular complexity index is 947. The third-order valence-corrected chi connectivity index (χ3v) is 4.22. The van der Waals surface area contributed by atoms with Gasteiger partial charge in [-0.3, -0.25) is 4.79 Å². The monoisotopic (exact) mass is 379 g/mol. The maximum Gasteiger partial charge on any atom is 0.244 e. The molecule has 0 spiro atoms. The first-order valence-electron chi connectivity index (χ1n) is 9.01. The van der Waals surface area contributed by atoms with Crippen LogP contribution in [0.5, 0.6) is 5.75 Å². The number of hydrogen-bond donors (Lipinski definition) is 1. The van der Waals surface area contributed by atoms with Crippen molar-refractivity contribution in [3.05, 3.63) is 89.8 Å². The topological polar surface area (TPSA) is 56.1 Å². The molecule has 0 aliphatic heterocycles. The number of ether oxygens (including phenoxy) is 1. The van der Waals surface area contributed by atoms with E-state index in [0.29, 0.717) is 12.4 Å². The summed E-state index contributed by atoms with van der Waals surface area (Å²) in [6.45, 7) is 2.53. The molecule has 6 heteroatoms. The largest absolute Gasteiger partial charge is 0.494 e. The van der Waals surface area contributed by atoms with Gasteiger partial charge in [-0.05, 0) is 48.4 Å². The average Bonchev–Trinajstić information content (AvgIpc) is 3.12. The van der Waals surface area contributed by atoms with Gasteiger partial charge in [-0.25, -0.2) is 9.37 Å². The number of rotatable bonds is 7. The van der Waals surface area contributed by atoms with Crippen molar-refractivity contribution in [1.29, 1.82) is 0 Å². The van der Waals surface area contributed by atoms with Crippen molar-refractivity contribution in [2.45, 2.75) is 13.0 Å². The van der Waals surface area contributed by atoms with E-state index in [-0.39, 0.29) is 11.7 Å². The zero-order chi connectivity index (χ0) is 19.9. The fourth-order valence-corrected chi connectivity index (χ4v) is 2.81. The molecule has 1 unspecified atom stereocenters. The van der Waals surface area contributed by atoms with Gasteiger partial charge in [0.25, 0.3) is 0 Å². The summed E-state index contributed by atoms with van der Waals surface area (Å²) in [7, 11) is 1.85. The molecular weight excluding hydrogens is 357 g/mol. The molecule has 3 rings (SSSR count). The second kappa shape index (κ2) is 8.99. The molecule has 1 N–H and O–H groups in total. The van der Waals surface area contributed by atoms with Gasteiger partial charge in [0.15, 0.2) is 0 Å². The number of carbonyl (C=O) groups excluding carboxylic acids is 1. The van der Waals surface area contributed by atoms with Crippen molar-refractivity contribution < 1.29 is 13.9 Å². The Labute approximate surface area is 163 Å². The van der Waals surface area contributed by atoms with Crippen LogP contribution < -0.4 is 10.1 Å². The van der Waals surface area contributed by atoms with E-state index in [2.05, 4.69) is 10.3 Å². The third kappa shape index (κ3) is 4.85. The zero-order valence-electron chi connectivity index (χ0n) is 15.8. The lowest BCUT2D eigenvalue weighted by Crippen LogP contribution is -2.29. The van der Waals surface area contributed by atoms with Crippen molar-refractivity contribution in [2.24, 2.45) is 7.05 Å². The Balaban J connectivity index is 1.75. The lowest BCUT2D eigenvalue weighted by molar-refractivity contribution is -0.117. The molecule has 1 atom stereocenters. The van der Waals surface area contributed by atoms with Gasteiger partial charge in [0.2, 0.25) is 5.91 Å². The molecule has 0 saturated heterocycles. The summed E-state index contributed by atoms with van der Waals surface area (Å²) in [6, 6.07) is 13.0. The number of hydrogen-bond acceptors (Lipinski definition) is 3. The van der Waals surface area contributed by atoms with Gasteiger partial charge in [-0.2, -0.15) is 0 Å². The molecule has 5 nitrogen and oxygen atoms in total. The fraction of sp³-hybridized carbons (Fsp3) is 0.182. The summed E-state index contributed by atoms with van der Waals surface area (Å²) in [6.07, 6.45) is 6.65. The quantitative estimate of drug-likeness (QED) is 0.634. The Hall–Kier alpha value is -3.41.